The van der Waals surface area contributed by atoms with Crippen LogP contribution in [-0.4, -0.2) is 47.2 Å². The molecule has 0 atom stereocenters. The lowest BCUT2D eigenvalue weighted by atomic mass is 10.0. The number of methoxy groups -OCH3 is 1. The molecule has 0 aliphatic carbocycles. The Bertz CT molecular complexity index is 841. The molecule has 1 aromatic heterocycles. The first-order valence-electron chi connectivity index (χ1n) is 9.13. The molecule has 6 nitrogen and oxygen atoms in total. The summed E-state index contributed by atoms with van der Waals surface area (Å²) >= 11 is 0. The van der Waals surface area contributed by atoms with Gasteiger partial charge >= 0.3 is 0 Å². The van der Waals surface area contributed by atoms with Gasteiger partial charge in [0, 0.05) is 48.6 Å². The first-order valence-corrected chi connectivity index (χ1v) is 9.13. The van der Waals surface area contributed by atoms with Crippen LogP contribution < -0.4 is 10.1 Å². The maximum Gasteiger partial charge on any atom is 0.224 e. The van der Waals surface area contributed by atoms with Crippen LogP contribution in [0, 0.1) is 17.1 Å². The van der Waals surface area contributed by atoms with Gasteiger partial charge in [-0.05, 0) is 38.8 Å². The van der Waals surface area contributed by atoms with Crippen LogP contribution in [0.3, 0.4) is 0 Å². The van der Waals surface area contributed by atoms with Gasteiger partial charge < -0.3 is 15.0 Å². The second kappa shape index (κ2) is 8.31. The topological polar surface area (TPSA) is 74.1 Å². The van der Waals surface area contributed by atoms with Gasteiger partial charge in [0.25, 0.3) is 0 Å². The lowest BCUT2D eigenvalue weighted by Crippen LogP contribution is -2.42. The third-order valence-electron chi connectivity index (χ3n) is 4.95. The molecule has 0 radical (unpaired) electrons. The van der Waals surface area contributed by atoms with Crippen molar-refractivity contribution in [3.8, 4) is 22.9 Å². The molecule has 1 N–H and O–H groups in total. The number of benzene rings is 1. The number of nitriles is 1. The fraction of sp³-hybridized carbons (Fsp3) is 0.450. The third-order valence-corrected chi connectivity index (χ3v) is 4.95. The van der Waals surface area contributed by atoms with Gasteiger partial charge in [0.05, 0.1) is 7.11 Å². The largest absolute Gasteiger partial charge is 0.497 e. The van der Waals surface area contributed by atoms with Crippen molar-refractivity contribution in [2.75, 3.05) is 25.5 Å². The number of ether oxygens (including phenoxy) is 1. The van der Waals surface area contributed by atoms with E-state index in [0.29, 0.717) is 23.3 Å². The molecule has 1 aliphatic heterocycles. The summed E-state index contributed by atoms with van der Waals surface area (Å²) < 4.78 is 19.4. The van der Waals surface area contributed by atoms with Crippen LogP contribution in [0.2, 0.25) is 0 Å². The van der Waals surface area contributed by atoms with E-state index in [9.17, 15) is 9.65 Å². The van der Waals surface area contributed by atoms with E-state index >= 15 is 0 Å². The van der Waals surface area contributed by atoms with Crippen molar-refractivity contribution in [1.82, 2.24) is 14.9 Å². The molecule has 0 unspecified atom stereocenters. The van der Waals surface area contributed by atoms with E-state index < -0.39 is 5.82 Å². The van der Waals surface area contributed by atoms with Gasteiger partial charge in [-0.25, -0.2) is 14.4 Å². The van der Waals surface area contributed by atoms with Gasteiger partial charge in [-0.1, -0.05) is 0 Å². The maximum atomic E-state index is 14.3. The molecule has 2 heterocycles. The highest BCUT2D eigenvalue weighted by molar-refractivity contribution is 5.69. The van der Waals surface area contributed by atoms with Crippen LogP contribution in [-0.2, 0) is 0 Å². The maximum absolute atomic E-state index is 14.3. The van der Waals surface area contributed by atoms with E-state index in [-0.39, 0.29) is 17.3 Å². The number of aromatic nitrogens is 2. The van der Waals surface area contributed by atoms with Gasteiger partial charge in [-0.2, -0.15) is 5.26 Å². The van der Waals surface area contributed by atoms with E-state index in [2.05, 4.69) is 40.1 Å². The fourth-order valence-electron chi connectivity index (χ4n) is 3.32. The zero-order chi connectivity index (χ0) is 19.4. The van der Waals surface area contributed by atoms with E-state index in [0.717, 1.165) is 25.9 Å². The molecule has 3 rings (SSSR count). The van der Waals surface area contributed by atoms with Crippen molar-refractivity contribution in [3.05, 3.63) is 35.9 Å². The Morgan fingerprint density at radius 2 is 2.04 bits per heavy atom. The summed E-state index contributed by atoms with van der Waals surface area (Å²) in [5.41, 5.74) is 0.804. The van der Waals surface area contributed by atoms with Crippen molar-refractivity contribution in [2.24, 2.45) is 0 Å². The zero-order valence-electron chi connectivity index (χ0n) is 15.9. The molecule has 1 aromatic carbocycles. The van der Waals surface area contributed by atoms with Gasteiger partial charge in [-0.15, -0.1) is 0 Å². The summed E-state index contributed by atoms with van der Waals surface area (Å²) in [5, 5.41) is 12.8. The average molecular weight is 369 g/mol. The van der Waals surface area contributed by atoms with Crippen LogP contribution in [0.5, 0.6) is 5.75 Å². The van der Waals surface area contributed by atoms with E-state index in [1.54, 1.807) is 12.1 Å². The smallest absolute Gasteiger partial charge is 0.224 e. The number of halogens is 1. The lowest BCUT2D eigenvalue weighted by molar-refractivity contribution is 0.177. The SMILES string of the molecule is COc1ccc(-c2cnc(NC3CCN(C(C)C)CC3)nc2C#N)c(F)c1. The lowest BCUT2D eigenvalue weighted by Gasteiger charge is -2.34. The Morgan fingerprint density at radius 3 is 2.63 bits per heavy atom. The molecule has 0 spiro atoms. The van der Waals surface area contributed by atoms with E-state index in [4.69, 9.17) is 4.74 Å². The van der Waals surface area contributed by atoms with Crippen molar-refractivity contribution < 1.29 is 9.13 Å². The zero-order valence-corrected chi connectivity index (χ0v) is 15.9. The monoisotopic (exact) mass is 369 g/mol. The number of likely N-dealkylation sites (tertiary alicyclic amines) is 1. The minimum absolute atomic E-state index is 0.149. The Morgan fingerprint density at radius 1 is 1.30 bits per heavy atom. The van der Waals surface area contributed by atoms with Crippen molar-refractivity contribution >= 4 is 5.95 Å². The van der Waals surface area contributed by atoms with E-state index in [1.165, 1.54) is 19.4 Å². The van der Waals surface area contributed by atoms with Crippen LogP contribution in [0.1, 0.15) is 32.4 Å². The van der Waals surface area contributed by atoms with Gasteiger partial charge in [-0.3, -0.25) is 0 Å². The van der Waals surface area contributed by atoms with Crippen LogP contribution in [0.4, 0.5) is 10.3 Å². The minimum Gasteiger partial charge on any atom is -0.497 e. The first kappa shape index (κ1) is 19.1. The number of piperidine rings is 1. The predicted molar refractivity (Wildman–Crippen MR) is 102 cm³/mol. The summed E-state index contributed by atoms with van der Waals surface area (Å²) in [6.07, 6.45) is 3.50. The highest BCUT2D eigenvalue weighted by Crippen LogP contribution is 2.28. The molecule has 1 aliphatic rings. The quantitative estimate of drug-likeness (QED) is 0.870. The molecule has 0 bridgehead atoms. The van der Waals surface area contributed by atoms with Gasteiger partial charge in [0.15, 0.2) is 5.69 Å². The number of hydrogen-bond acceptors (Lipinski definition) is 6. The molecule has 0 saturated carbocycles. The summed E-state index contributed by atoms with van der Waals surface area (Å²) in [4.78, 5) is 11.1. The third kappa shape index (κ3) is 4.34. The normalized spacial score (nSPS) is 15.6. The van der Waals surface area contributed by atoms with Crippen molar-refractivity contribution in [1.29, 1.82) is 5.26 Å². The summed E-state index contributed by atoms with van der Waals surface area (Å²) in [6.45, 7) is 6.45. The van der Waals surface area contributed by atoms with Crippen molar-refractivity contribution in [2.45, 2.75) is 38.8 Å². The molecule has 0 amide bonds. The van der Waals surface area contributed by atoms with Crippen LogP contribution in [0.25, 0.3) is 11.1 Å². The summed E-state index contributed by atoms with van der Waals surface area (Å²) in [5.74, 6) is 0.352. The van der Waals surface area contributed by atoms with E-state index in [1.807, 2.05) is 0 Å². The second-order valence-electron chi connectivity index (χ2n) is 6.96. The summed E-state index contributed by atoms with van der Waals surface area (Å²) in [6, 6.07) is 7.37. The Labute approximate surface area is 159 Å². The molecule has 1 saturated heterocycles. The Kier molecular flexibility index (Phi) is 5.87. The first-order chi connectivity index (χ1) is 13.0. The minimum atomic E-state index is -0.476. The van der Waals surface area contributed by atoms with Crippen LogP contribution in [0.15, 0.2) is 24.4 Å². The molecular formula is C20H24FN5O. The highest BCUT2D eigenvalue weighted by Gasteiger charge is 2.22. The number of anilines is 1. The second-order valence-corrected chi connectivity index (χ2v) is 6.96. The van der Waals surface area contributed by atoms with Gasteiger partial charge in [0.2, 0.25) is 5.95 Å². The Balaban J connectivity index is 1.76. The highest BCUT2D eigenvalue weighted by atomic mass is 19.1. The number of nitrogens with one attached hydrogen (secondary N) is 1. The molecule has 27 heavy (non-hydrogen) atoms. The molecule has 7 heteroatoms. The average Bonchev–Trinajstić information content (AvgIpc) is 2.68. The standard InChI is InChI=1S/C20H24FN5O/c1-13(2)26-8-6-14(7-9-26)24-20-23-12-17(19(11-22)25-20)16-5-4-15(27-3)10-18(16)21/h4-5,10,12-14H,6-9H2,1-3H3,(H,23,24,25). The molecule has 1 fully saturated rings. The predicted octanol–water partition coefficient (Wildman–Crippen LogP) is 3.45. The molecular weight excluding hydrogens is 345 g/mol. The number of hydrogen-bond donors (Lipinski definition) is 1. The molecule has 142 valence electrons. The molecule has 2 aromatic rings. The Hall–Kier alpha value is -2.72. The number of nitrogens with zero attached hydrogens (tertiary/aromatic N) is 4. The summed E-state index contributed by atoms with van der Waals surface area (Å²) in [7, 11) is 1.48. The van der Waals surface area contributed by atoms with Gasteiger partial charge in [0.1, 0.15) is 17.6 Å². The number of rotatable bonds is 5. The van der Waals surface area contributed by atoms with Crippen molar-refractivity contribution in [3.63, 3.8) is 0 Å². The fourth-order valence-corrected chi connectivity index (χ4v) is 3.32. The van der Waals surface area contributed by atoms with Crippen LogP contribution >= 0.6 is 0 Å².